The summed E-state index contributed by atoms with van der Waals surface area (Å²) in [7, 11) is 0. The molecule has 1 aromatic carbocycles. The third-order valence-corrected chi connectivity index (χ3v) is 4.20. The summed E-state index contributed by atoms with van der Waals surface area (Å²) in [6.45, 7) is 9.35. The van der Waals surface area contributed by atoms with Gasteiger partial charge in [-0.25, -0.2) is 0 Å². The van der Waals surface area contributed by atoms with Crippen LogP contribution in [0.15, 0.2) is 30.5 Å². The predicted molar refractivity (Wildman–Crippen MR) is 91.8 cm³/mol. The van der Waals surface area contributed by atoms with Crippen molar-refractivity contribution in [3.05, 3.63) is 58.9 Å². The Bertz CT molecular complexity index is 698. The van der Waals surface area contributed by atoms with Gasteiger partial charge in [0.25, 0.3) is 5.91 Å². The van der Waals surface area contributed by atoms with Crippen LogP contribution >= 0.6 is 0 Å². The molecule has 0 unspecified atom stereocenters. The van der Waals surface area contributed by atoms with E-state index < -0.39 is 0 Å². The molecule has 1 saturated heterocycles. The Kier molecular flexibility index (Phi) is 4.33. The van der Waals surface area contributed by atoms with Crippen molar-refractivity contribution in [2.24, 2.45) is 0 Å². The molecule has 2 aromatic rings. The lowest BCUT2D eigenvalue weighted by Crippen LogP contribution is -2.48. The Labute approximate surface area is 137 Å². The number of nitrogens with zero attached hydrogens (tertiary/aromatic N) is 3. The summed E-state index contributed by atoms with van der Waals surface area (Å²) in [6.07, 6.45) is 4.44. The predicted octanol–water partition coefficient (Wildman–Crippen LogP) is 2.77. The van der Waals surface area contributed by atoms with Crippen LogP contribution in [0.1, 0.15) is 27.0 Å². The van der Waals surface area contributed by atoms with Gasteiger partial charge in [0, 0.05) is 38.1 Å². The topological polar surface area (TPSA) is 36.4 Å². The fourth-order valence-electron chi connectivity index (χ4n) is 3.11. The molecule has 0 aliphatic carbocycles. The van der Waals surface area contributed by atoms with E-state index >= 15 is 0 Å². The number of carbonyl (C=O) groups is 1. The lowest BCUT2D eigenvalue weighted by atomic mass is 10.1. The van der Waals surface area contributed by atoms with Crippen molar-refractivity contribution in [2.45, 2.75) is 20.8 Å². The number of rotatable bonds is 2. The maximum absolute atomic E-state index is 12.6. The van der Waals surface area contributed by atoms with Gasteiger partial charge in [0.15, 0.2) is 0 Å². The minimum Gasteiger partial charge on any atom is -0.368 e. The minimum atomic E-state index is 0.0645. The summed E-state index contributed by atoms with van der Waals surface area (Å²) in [6, 6.07) is 8.46. The number of pyridine rings is 1. The molecule has 0 bridgehead atoms. The number of aromatic nitrogens is 1. The first-order valence-electron chi connectivity index (χ1n) is 8.00. The lowest BCUT2D eigenvalue weighted by molar-refractivity contribution is 0.0746. The number of piperazine rings is 1. The molecule has 1 fully saturated rings. The van der Waals surface area contributed by atoms with Crippen molar-refractivity contribution in [1.29, 1.82) is 0 Å². The van der Waals surface area contributed by atoms with Crippen molar-refractivity contribution < 1.29 is 4.79 Å². The average Bonchev–Trinajstić information content (AvgIpc) is 2.53. The molecule has 4 heteroatoms. The lowest BCUT2D eigenvalue weighted by Gasteiger charge is -2.36. The van der Waals surface area contributed by atoms with Gasteiger partial charge in [-0.3, -0.25) is 9.78 Å². The minimum absolute atomic E-state index is 0.0645. The number of hydrogen-bond acceptors (Lipinski definition) is 3. The maximum atomic E-state index is 12.6. The highest BCUT2D eigenvalue weighted by Gasteiger charge is 2.22. The fourth-order valence-corrected chi connectivity index (χ4v) is 3.11. The van der Waals surface area contributed by atoms with E-state index in [1.807, 2.05) is 17.9 Å². The van der Waals surface area contributed by atoms with Gasteiger partial charge in [-0.05, 0) is 55.7 Å². The van der Waals surface area contributed by atoms with Crippen LogP contribution in [-0.4, -0.2) is 42.0 Å². The van der Waals surface area contributed by atoms with Gasteiger partial charge >= 0.3 is 0 Å². The van der Waals surface area contributed by atoms with Crippen molar-refractivity contribution in [3.8, 4) is 0 Å². The second kappa shape index (κ2) is 6.41. The molecule has 0 saturated carbocycles. The highest BCUT2D eigenvalue weighted by atomic mass is 16.2. The van der Waals surface area contributed by atoms with E-state index in [1.54, 1.807) is 6.20 Å². The average molecular weight is 308 g/mol. The van der Waals surface area contributed by atoms with Gasteiger partial charge in [-0.1, -0.05) is 6.07 Å². The van der Waals surface area contributed by atoms with Crippen LogP contribution in [0.25, 0.3) is 0 Å². The molecule has 1 aliphatic rings. The van der Waals surface area contributed by atoms with Crippen molar-refractivity contribution in [3.63, 3.8) is 0 Å². The normalized spacial score (nSPS) is 14.9. The van der Waals surface area contributed by atoms with Gasteiger partial charge in [0.05, 0.1) is 11.8 Å². The van der Waals surface area contributed by atoms with Gasteiger partial charge in [-0.2, -0.15) is 0 Å². The first kappa shape index (κ1) is 15.5. The Morgan fingerprint density at radius 1 is 1.00 bits per heavy atom. The van der Waals surface area contributed by atoms with E-state index in [0.29, 0.717) is 5.56 Å². The summed E-state index contributed by atoms with van der Waals surface area (Å²) in [4.78, 5) is 20.8. The van der Waals surface area contributed by atoms with Crippen LogP contribution in [0, 0.1) is 27.0 Å². The number of benzene rings is 1. The summed E-state index contributed by atoms with van der Waals surface area (Å²) in [5.41, 5.74) is 5.36. The largest absolute Gasteiger partial charge is 0.368 e. The van der Waals surface area contributed by atoms with Crippen LogP contribution in [0.3, 0.4) is 0 Å². The standard InChI is InChI=1S/C19H22N3O/c1-14-8-15(2)11-18(10-14)21-4-6-22(7-5-21)19(23)17-9-16(3)12-20-13-17/h8-11,13H,4-7H2,1-3H3. The second-order valence-electron chi connectivity index (χ2n) is 6.28. The van der Waals surface area contributed by atoms with E-state index in [9.17, 15) is 4.79 Å². The molecule has 0 spiro atoms. The van der Waals surface area contributed by atoms with Crippen LogP contribution in [0.2, 0.25) is 0 Å². The highest BCUT2D eigenvalue weighted by molar-refractivity contribution is 5.94. The van der Waals surface area contributed by atoms with Crippen LogP contribution in [-0.2, 0) is 0 Å². The molecule has 1 aromatic heterocycles. The molecule has 0 atom stereocenters. The molecular formula is C19H22N3O. The molecule has 23 heavy (non-hydrogen) atoms. The van der Waals surface area contributed by atoms with E-state index in [1.165, 1.54) is 16.8 Å². The number of anilines is 1. The van der Waals surface area contributed by atoms with Gasteiger partial charge < -0.3 is 9.80 Å². The molecule has 4 nitrogen and oxygen atoms in total. The number of aryl methyl sites for hydroxylation is 3. The van der Waals surface area contributed by atoms with Crippen molar-refractivity contribution in [1.82, 2.24) is 9.88 Å². The van der Waals surface area contributed by atoms with E-state index in [-0.39, 0.29) is 5.91 Å². The third-order valence-electron chi connectivity index (χ3n) is 4.20. The SMILES string of the molecule is Cc1[c]ncc(C(=O)N2CCN(c3cc(C)cc(C)c3)CC2)c1. The van der Waals surface area contributed by atoms with Crippen LogP contribution < -0.4 is 4.90 Å². The van der Waals surface area contributed by atoms with Crippen molar-refractivity contribution in [2.75, 3.05) is 31.1 Å². The molecule has 2 heterocycles. The zero-order chi connectivity index (χ0) is 16.4. The molecule has 119 valence electrons. The zero-order valence-corrected chi connectivity index (χ0v) is 14.0. The molecule has 1 radical (unpaired) electrons. The first-order valence-corrected chi connectivity index (χ1v) is 8.00. The fraction of sp³-hybridized carbons (Fsp3) is 0.368. The molecule has 1 amide bonds. The van der Waals surface area contributed by atoms with Crippen LogP contribution in [0.5, 0.6) is 0 Å². The molecular weight excluding hydrogens is 286 g/mol. The quantitative estimate of drug-likeness (QED) is 0.856. The molecule has 3 rings (SSSR count). The Morgan fingerprint density at radius 2 is 1.65 bits per heavy atom. The van der Waals surface area contributed by atoms with E-state index in [2.05, 4.69) is 48.1 Å². The first-order chi connectivity index (χ1) is 11.0. The van der Waals surface area contributed by atoms with Crippen LogP contribution in [0.4, 0.5) is 5.69 Å². The summed E-state index contributed by atoms with van der Waals surface area (Å²) < 4.78 is 0. The Hall–Kier alpha value is -2.36. The van der Waals surface area contributed by atoms with Gasteiger partial charge in [0.2, 0.25) is 0 Å². The van der Waals surface area contributed by atoms with Crippen molar-refractivity contribution >= 4 is 11.6 Å². The van der Waals surface area contributed by atoms with E-state index in [4.69, 9.17) is 0 Å². The number of carbonyl (C=O) groups excluding carboxylic acids is 1. The zero-order valence-electron chi connectivity index (χ0n) is 14.0. The molecule has 0 N–H and O–H groups in total. The molecule has 1 aliphatic heterocycles. The number of amides is 1. The summed E-state index contributed by atoms with van der Waals surface area (Å²) in [5.74, 6) is 0.0645. The smallest absolute Gasteiger partial charge is 0.255 e. The summed E-state index contributed by atoms with van der Waals surface area (Å²) >= 11 is 0. The number of hydrogen-bond donors (Lipinski definition) is 0. The third kappa shape index (κ3) is 3.52. The Morgan fingerprint density at radius 3 is 2.26 bits per heavy atom. The highest BCUT2D eigenvalue weighted by Crippen LogP contribution is 2.20. The van der Waals surface area contributed by atoms with E-state index in [0.717, 1.165) is 31.7 Å². The van der Waals surface area contributed by atoms with Gasteiger partial charge in [0.1, 0.15) is 0 Å². The monoisotopic (exact) mass is 308 g/mol. The Balaban J connectivity index is 1.67. The second-order valence-corrected chi connectivity index (χ2v) is 6.28. The van der Waals surface area contributed by atoms with Gasteiger partial charge in [-0.15, -0.1) is 0 Å². The summed E-state index contributed by atoms with van der Waals surface area (Å²) in [5, 5.41) is 0. The maximum Gasteiger partial charge on any atom is 0.255 e.